The Morgan fingerprint density at radius 2 is 1.50 bits per heavy atom. The lowest BCUT2D eigenvalue weighted by Gasteiger charge is -2.40. The summed E-state index contributed by atoms with van der Waals surface area (Å²) in [6.45, 7) is 13.4. The van der Waals surface area contributed by atoms with Gasteiger partial charge >= 0.3 is 0 Å². The van der Waals surface area contributed by atoms with Crippen molar-refractivity contribution in [3.63, 3.8) is 0 Å². The van der Waals surface area contributed by atoms with Crippen LogP contribution in [0.5, 0.6) is 0 Å². The molecule has 0 fully saturated rings. The first-order valence-electron chi connectivity index (χ1n) is 4.97. The molecule has 0 aliphatic carbocycles. The summed E-state index contributed by atoms with van der Waals surface area (Å²) in [4.78, 5) is -0.0422. The summed E-state index contributed by atoms with van der Waals surface area (Å²) in [6, 6.07) is 0. The molecule has 0 aliphatic heterocycles. The Bertz CT molecular complexity index is 120. The van der Waals surface area contributed by atoms with E-state index in [1.165, 1.54) is 6.42 Å². The second-order valence-corrected chi connectivity index (χ2v) is 5.56. The molecule has 2 atom stereocenters. The highest BCUT2D eigenvalue weighted by Crippen LogP contribution is 2.42. The molecule has 1 heteroatoms. The zero-order valence-electron chi connectivity index (χ0n) is 9.37. The minimum atomic E-state index is -0.0422. The van der Waals surface area contributed by atoms with E-state index in [-0.39, 0.29) is 4.87 Å². The molecule has 0 N–H and O–H groups in total. The van der Waals surface area contributed by atoms with Crippen LogP contribution in [0, 0.1) is 11.3 Å². The molecule has 0 aliphatic rings. The molecule has 0 heterocycles. The molecular formula is C11H23Cl. The number of alkyl halides is 1. The van der Waals surface area contributed by atoms with E-state index in [0.29, 0.717) is 11.3 Å². The summed E-state index contributed by atoms with van der Waals surface area (Å²) < 4.78 is 0. The van der Waals surface area contributed by atoms with Gasteiger partial charge in [0.2, 0.25) is 0 Å². The maximum atomic E-state index is 6.43. The van der Waals surface area contributed by atoms with Crippen molar-refractivity contribution >= 4 is 11.6 Å². The highest BCUT2D eigenvalue weighted by molar-refractivity contribution is 6.23. The molecule has 0 rings (SSSR count). The van der Waals surface area contributed by atoms with Crippen molar-refractivity contribution in [2.45, 2.75) is 59.3 Å². The van der Waals surface area contributed by atoms with Crippen LogP contribution in [-0.2, 0) is 0 Å². The monoisotopic (exact) mass is 190 g/mol. The fourth-order valence-electron chi connectivity index (χ4n) is 1.43. The molecule has 0 spiro atoms. The second kappa shape index (κ2) is 4.00. The summed E-state index contributed by atoms with van der Waals surface area (Å²) in [5.41, 5.74) is 0.354. The summed E-state index contributed by atoms with van der Waals surface area (Å²) in [5, 5.41) is 0. The summed E-state index contributed by atoms with van der Waals surface area (Å²) in [7, 11) is 0. The van der Waals surface area contributed by atoms with Gasteiger partial charge in [-0.15, -0.1) is 11.6 Å². The van der Waals surface area contributed by atoms with E-state index in [0.717, 1.165) is 6.42 Å². The normalized spacial score (nSPS) is 20.2. The Morgan fingerprint density at radius 1 is 1.08 bits per heavy atom. The van der Waals surface area contributed by atoms with Gasteiger partial charge in [0, 0.05) is 4.87 Å². The Labute approximate surface area is 82.7 Å². The Hall–Kier alpha value is 0.290. The van der Waals surface area contributed by atoms with Crippen molar-refractivity contribution in [2.24, 2.45) is 11.3 Å². The standard InChI is InChI=1S/C11H23Cl/c1-7-10(4,5)9(3)11(6,12)8-2/h9H,7-8H2,1-6H3. The first-order chi connectivity index (χ1) is 5.28. The van der Waals surface area contributed by atoms with Crippen molar-refractivity contribution in [3.8, 4) is 0 Å². The van der Waals surface area contributed by atoms with E-state index in [2.05, 4.69) is 41.5 Å². The van der Waals surface area contributed by atoms with Gasteiger partial charge in [-0.3, -0.25) is 0 Å². The van der Waals surface area contributed by atoms with E-state index >= 15 is 0 Å². The Kier molecular flexibility index (Phi) is 4.10. The van der Waals surface area contributed by atoms with Gasteiger partial charge < -0.3 is 0 Å². The molecule has 12 heavy (non-hydrogen) atoms. The van der Waals surface area contributed by atoms with Crippen LogP contribution in [0.1, 0.15) is 54.4 Å². The molecule has 0 saturated heterocycles. The van der Waals surface area contributed by atoms with E-state index in [1.807, 2.05) is 0 Å². The molecule has 0 nitrogen and oxygen atoms in total. The molecular weight excluding hydrogens is 168 g/mol. The van der Waals surface area contributed by atoms with Crippen molar-refractivity contribution < 1.29 is 0 Å². The first-order valence-corrected chi connectivity index (χ1v) is 5.34. The van der Waals surface area contributed by atoms with Crippen LogP contribution in [0.2, 0.25) is 0 Å². The lowest BCUT2D eigenvalue weighted by Crippen LogP contribution is -2.36. The predicted molar refractivity (Wildman–Crippen MR) is 57.8 cm³/mol. The Balaban J connectivity index is 4.47. The van der Waals surface area contributed by atoms with E-state index in [4.69, 9.17) is 11.6 Å². The summed E-state index contributed by atoms with van der Waals surface area (Å²) in [6.07, 6.45) is 2.23. The molecule has 0 aromatic heterocycles. The maximum absolute atomic E-state index is 6.43. The summed E-state index contributed by atoms with van der Waals surface area (Å²) in [5.74, 6) is 0.557. The second-order valence-electron chi connectivity index (χ2n) is 4.70. The fraction of sp³-hybridized carbons (Fsp3) is 1.00. The van der Waals surface area contributed by atoms with E-state index in [9.17, 15) is 0 Å². The van der Waals surface area contributed by atoms with Crippen LogP contribution in [0.25, 0.3) is 0 Å². The molecule has 2 unspecified atom stereocenters. The van der Waals surface area contributed by atoms with Gasteiger partial charge in [-0.25, -0.2) is 0 Å². The number of hydrogen-bond donors (Lipinski definition) is 0. The third-order valence-electron chi connectivity index (χ3n) is 3.68. The van der Waals surface area contributed by atoms with Gasteiger partial charge in [0.05, 0.1) is 0 Å². The number of halogens is 1. The van der Waals surface area contributed by atoms with Gasteiger partial charge in [0.25, 0.3) is 0 Å². The van der Waals surface area contributed by atoms with Crippen molar-refractivity contribution in [1.29, 1.82) is 0 Å². The molecule has 74 valence electrons. The first kappa shape index (κ1) is 12.3. The van der Waals surface area contributed by atoms with Crippen molar-refractivity contribution in [1.82, 2.24) is 0 Å². The van der Waals surface area contributed by atoms with Crippen LogP contribution in [0.3, 0.4) is 0 Å². The van der Waals surface area contributed by atoms with Crippen LogP contribution in [-0.4, -0.2) is 4.87 Å². The number of hydrogen-bond acceptors (Lipinski definition) is 0. The van der Waals surface area contributed by atoms with Crippen LogP contribution in [0.4, 0.5) is 0 Å². The molecule has 0 bridgehead atoms. The highest BCUT2D eigenvalue weighted by atomic mass is 35.5. The van der Waals surface area contributed by atoms with Gasteiger partial charge in [-0.2, -0.15) is 0 Å². The third kappa shape index (κ3) is 2.65. The average molecular weight is 191 g/mol. The largest absolute Gasteiger partial charge is 0.119 e. The zero-order chi connectivity index (χ0) is 9.99. The highest BCUT2D eigenvalue weighted by Gasteiger charge is 2.36. The fourth-order valence-corrected chi connectivity index (χ4v) is 1.72. The third-order valence-corrected chi connectivity index (χ3v) is 4.27. The van der Waals surface area contributed by atoms with E-state index in [1.54, 1.807) is 0 Å². The lowest BCUT2D eigenvalue weighted by atomic mass is 9.71. The van der Waals surface area contributed by atoms with Crippen molar-refractivity contribution in [2.75, 3.05) is 0 Å². The van der Waals surface area contributed by atoms with Gasteiger partial charge in [0.1, 0.15) is 0 Å². The molecule has 0 amide bonds. The van der Waals surface area contributed by atoms with Crippen LogP contribution in [0.15, 0.2) is 0 Å². The average Bonchev–Trinajstić information content (AvgIpc) is 2.03. The minimum Gasteiger partial charge on any atom is -0.119 e. The maximum Gasteiger partial charge on any atom is 0.0446 e. The van der Waals surface area contributed by atoms with Gasteiger partial charge in [-0.05, 0) is 24.7 Å². The quantitative estimate of drug-likeness (QED) is 0.574. The van der Waals surface area contributed by atoms with Gasteiger partial charge in [-0.1, -0.05) is 41.0 Å². The minimum absolute atomic E-state index is 0.0422. The smallest absolute Gasteiger partial charge is 0.0446 e. The topological polar surface area (TPSA) is 0 Å². The zero-order valence-corrected chi connectivity index (χ0v) is 10.1. The lowest BCUT2D eigenvalue weighted by molar-refractivity contribution is 0.171. The molecule has 0 radical (unpaired) electrons. The molecule has 0 aromatic carbocycles. The number of rotatable bonds is 4. The Morgan fingerprint density at radius 3 is 1.75 bits per heavy atom. The molecule has 0 aromatic rings. The van der Waals surface area contributed by atoms with Crippen LogP contribution < -0.4 is 0 Å². The van der Waals surface area contributed by atoms with E-state index < -0.39 is 0 Å². The SMILES string of the molecule is CCC(C)(C)C(C)C(C)(Cl)CC. The molecule has 0 saturated carbocycles. The van der Waals surface area contributed by atoms with Gasteiger partial charge in [0.15, 0.2) is 0 Å². The predicted octanol–water partition coefficient (Wildman–Crippen LogP) is 4.47. The van der Waals surface area contributed by atoms with Crippen molar-refractivity contribution in [3.05, 3.63) is 0 Å². The van der Waals surface area contributed by atoms with Crippen LogP contribution >= 0.6 is 11.6 Å². The summed E-state index contributed by atoms with van der Waals surface area (Å²) >= 11 is 6.43.